The van der Waals surface area contributed by atoms with Crippen LogP contribution >= 0.6 is 0 Å². The van der Waals surface area contributed by atoms with Crippen molar-refractivity contribution in [3.63, 3.8) is 0 Å². The predicted molar refractivity (Wildman–Crippen MR) is 143 cm³/mol. The van der Waals surface area contributed by atoms with E-state index < -0.39 is 49.3 Å². The van der Waals surface area contributed by atoms with Crippen LogP contribution in [0.2, 0.25) is 0 Å². The molecule has 2 unspecified atom stereocenters. The molecule has 0 aliphatic carbocycles. The minimum absolute atomic E-state index is 0.383. The van der Waals surface area contributed by atoms with Gasteiger partial charge in [-0.3, -0.25) is 0 Å². The molecule has 0 amide bonds. The van der Waals surface area contributed by atoms with Crippen LogP contribution in [0.5, 0.6) is 0 Å². The zero-order chi connectivity index (χ0) is 26.0. The molecule has 0 spiro atoms. The van der Waals surface area contributed by atoms with E-state index in [9.17, 15) is 19.8 Å². The van der Waals surface area contributed by atoms with Crippen LogP contribution in [0.3, 0.4) is 0 Å². The summed E-state index contributed by atoms with van der Waals surface area (Å²) in [4.78, 5) is 23.8. The van der Waals surface area contributed by atoms with Gasteiger partial charge in [0, 0.05) is 0 Å². The molecular formula is C28H54O6Pb. The predicted octanol–water partition coefficient (Wildman–Crippen LogP) is 6.95. The van der Waals surface area contributed by atoms with Gasteiger partial charge in [-0.15, -0.1) is 0 Å². The molecule has 0 fully saturated rings. The van der Waals surface area contributed by atoms with Gasteiger partial charge in [-0.25, -0.2) is 0 Å². The maximum atomic E-state index is 11.9. The van der Waals surface area contributed by atoms with Crippen molar-refractivity contribution >= 4 is 37.1 Å². The molecule has 2 atom stereocenters. The summed E-state index contributed by atoms with van der Waals surface area (Å²) in [6, 6.07) is 0. The third-order valence-electron chi connectivity index (χ3n) is 6.49. The first-order valence-electron chi connectivity index (χ1n) is 14.5. The van der Waals surface area contributed by atoms with Crippen LogP contribution in [-0.2, 0) is 15.0 Å². The standard InChI is InChI=1S/2C14H28O3.Pb/c2*1-2-3-4-5-6-7-8-9-10-11-12-13(15)14(16)17;/h2*13,15H,2-12H2,1H3,(H,16,17);/q;;+2/p-2. The van der Waals surface area contributed by atoms with E-state index in [1.165, 1.54) is 89.9 Å². The first kappa shape index (κ1) is 34.8. The van der Waals surface area contributed by atoms with Crippen molar-refractivity contribution in [2.45, 2.75) is 167 Å². The number of hydrogen-bond acceptors (Lipinski definition) is 6. The SMILES string of the molecule is CCCCCCCCCCCCC(O)C(=O)[O][Pb][O]C(=O)C(O)CCCCCCCCCCCC. The van der Waals surface area contributed by atoms with Gasteiger partial charge in [-0.1, -0.05) is 39.5 Å². The van der Waals surface area contributed by atoms with Crippen LogP contribution in [0.25, 0.3) is 0 Å². The Balaban J connectivity index is 3.58. The number of unbranched alkanes of at least 4 members (excludes halogenated alkanes) is 18. The van der Waals surface area contributed by atoms with Gasteiger partial charge in [0.25, 0.3) is 0 Å². The zero-order valence-corrected chi connectivity index (χ0v) is 26.6. The van der Waals surface area contributed by atoms with Crippen LogP contribution in [0.1, 0.15) is 155 Å². The fourth-order valence-electron chi connectivity index (χ4n) is 4.12. The van der Waals surface area contributed by atoms with E-state index in [1.807, 2.05) is 0 Å². The molecule has 2 N–H and O–H groups in total. The first-order chi connectivity index (χ1) is 17.0. The van der Waals surface area contributed by atoms with Crippen molar-refractivity contribution in [3.05, 3.63) is 0 Å². The van der Waals surface area contributed by atoms with Crippen LogP contribution < -0.4 is 0 Å². The Morgan fingerprint density at radius 1 is 0.514 bits per heavy atom. The second-order valence-corrected chi connectivity index (χ2v) is 12.1. The summed E-state index contributed by atoms with van der Waals surface area (Å²) < 4.78 is 10.0. The molecule has 7 heteroatoms. The minimum Gasteiger partial charge on any atom is -0.0654 e. The third-order valence-corrected chi connectivity index (χ3v) is 8.70. The van der Waals surface area contributed by atoms with Gasteiger partial charge in [-0.05, 0) is 0 Å². The minimum atomic E-state index is -2.41. The van der Waals surface area contributed by atoms with Crippen LogP contribution in [0.4, 0.5) is 0 Å². The van der Waals surface area contributed by atoms with E-state index >= 15 is 0 Å². The van der Waals surface area contributed by atoms with Gasteiger partial charge >= 0.3 is 190 Å². The van der Waals surface area contributed by atoms with Crippen LogP contribution in [0.15, 0.2) is 0 Å². The normalized spacial score (nSPS) is 12.9. The summed E-state index contributed by atoms with van der Waals surface area (Å²) in [5, 5.41) is 19.9. The van der Waals surface area contributed by atoms with Gasteiger partial charge in [-0.2, -0.15) is 0 Å². The quantitative estimate of drug-likeness (QED) is 0.0753. The molecular weight excluding hydrogens is 640 g/mol. The average Bonchev–Trinajstić information content (AvgIpc) is 2.85. The van der Waals surface area contributed by atoms with Gasteiger partial charge < -0.3 is 0 Å². The molecule has 0 aliphatic heterocycles. The number of carbonyl (C=O) groups is 2. The van der Waals surface area contributed by atoms with Crippen molar-refractivity contribution in [1.82, 2.24) is 0 Å². The molecule has 2 radical (unpaired) electrons. The topological polar surface area (TPSA) is 93.1 Å². The van der Waals surface area contributed by atoms with Gasteiger partial charge in [0.05, 0.1) is 0 Å². The van der Waals surface area contributed by atoms with E-state index in [2.05, 4.69) is 13.8 Å². The van der Waals surface area contributed by atoms with Gasteiger partial charge in [0.2, 0.25) is 0 Å². The fraction of sp³-hybridized carbons (Fsp3) is 0.929. The van der Waals surface area contributed by atoms with Crippen molar-refractivity contribution in [1.29, 1.82) is 0 Å². The smallest absolute Gasteiger partial charge is 0.0654 e. The summed E-state index contributed by atoms with van der Waals surface area (Å²) in [7, 11) is 0. The number of rotatable bonds is 26. The Morgan fingerprint density at radius 3 is 1.06 bits per heavy atom. The molecule has 0 rings (SSSR count). The molecule has 0 aromatic carbocycles. The zero-order valence-electron chi connectivity index (χ0n) is 22.7. The summed E-state index contributed by atoms with van der Waals surface area (Å²) in [6.45, 7) is 4.45. The molecule has 6 nitrogen and oxygen atoms in total. The van der Waals surface area contributed by atoms with E-state index in [1.54, 1.807) is 0 Å². The Morgan fingerprint density at radius 2 is 0.771 bits per heavy atom. The van der Waals surface area contributed by atoms with E-state index in [0.29, 0.717) is 12.8 Å². The van der Waals surface area contributed by atoms with E-state index in [-0.39, 0.29) is 0 Å². The van der Waals surface area contributed by atoms with Crippen LogP contribution in [-0.4, -0.2) is 59.5 Å². The van der Waals surface area contributed by atoms with Crippen molar-refractivity contribution < 1.29 is 25.2 Å². The number of aliphatic hydroxyl groups is 2. The van der Waals surface area contributed by atoms with Crippen molar-refractivity contribution in [2.75, 3.05) is 0 Å². The number of aliphatic hydroxyl groups excluding tert-OH is 2. The first-order valence-corrected chi connectivity index (χ1v) is 17.7. The second kappa shape index (κ2) is 26.8. The van der Waals surface area contributed by atoms with Gasteiger partial charge in [0.15, 0.2) is 0 Å². The summed E-state index contributed by atoms with van der Waals surface area (Å²) in [6.07, 6.45) is 22.4. The summed E-state index contributed by atoms with van der Waals surface area (Å²) in [5.41, 5.74) is 0. The molecule has 0 bridgehead atoms. The molecule has 0 aromatic heterocycles. The fourth-order valence-corrected chi connectivity index (χ4v) is 5.98. The third kappa shape index (κ3) is 23.9. The van der Waals surface area contributed by atoms with Crippen LogP contribution in [0, 0.1) is 0 Å². The van der Waals surface area contributed by atoms with E-state index in [0.717, 1.165) is 38.5 Å². The number of carbonyl (C=O) groups excluding carboxylic acids is 2. The molecule has 0 heterocycles. The molecule has 35 heavy (non-hydrogen) atoms. The van der Waals surface area contributed by atoms with E-state index in [4.69, 9.17) is 5.37 Å². The molecule has 0 saturated carbocycles. The van der Waals surface area contributed by atoms with Gasteiger partial charge in [0.1, 0.15) is 0 Å². The Hall–Kier alpha value is -0.218. The summed E-state index contributed by atoms with van der Waals surface area (Å²) in [5.74, 6) is -1.39. The molecule has 0 aromatic rings. The number of hydrogen-bond donors (Lipinski definition) is 2. The Bertz CT molecular complexity index is 446. The summed E-state index contributed by atoms with van der Waals surface area (Å²) >= 11 is -2.41. The van der Waals surface area contributed by atoms with Crippen molar-refractivity contribution in [3.8, 4) is 0 Å². The molecule has 206 valence electrons. The van der Waals surface area contributed by atoms with Crippen molar-refractivity contribution in [2.24, 2.45) is 0 Å². The Labute approximate surface area is 228 Å². The second-order valence-electron chi connectivity index (χ2n) is 9.90. The average molecular weight is 694 g/mol. The Kier molecular flexibility index (Phi) is 26.7. The maximum absolute atomic E-state index is 11.9. The molecule has 0 saturated heterocycles. The monoisotopic (exact) mass is 694 g/mol. The molecule has 0 aliphatic rings.